The van der Waals surface area contributed by atoms with Crippen molar-refractivity contribution in [3.8, 4) is 0 Å². The van der Waals surface area contributed by atoms with Crippen molar-refractivity contribution in [2.75, 3.05) is 10.6 Å². The highest BCUT2D eigenvalue weighted by Crippen LogP contribution is 2.26. The molecule has 1 unspecified atom stereocenters. The van der Waals surface area contributed by atoms with Gasteiger partial charge < -0.3 is 20.3 Å². The van der Waals surface area contributed by atoms with E-state index in [9.17, 15) is 19.5 Å². The van der Waals surface area contributed by atoms with Gasteiger partial charge in [-0.05, 0) is 61.9 Å². The van der Waals surface area contributed by atoms with Crippen molar-refractivity contribution in [2.45, 2.75) is 26.3 Å². The molecule has 1 aromatic heterocycles. The van der Waals surface area contributed by atoms with Crippen molar-refractivity contribution in [3.63, 3.8) is 0 Å². The number of nitrogens with zero attached hydrogens (tertiary/aromatic N) is 2. The van der Waals surface area contributed by atoms with Crippen LogP contribution in [-0.4, -0.2) is 27.6 Å². The number of nitrogens with one attached hydrogen (secondary N) is 2. The number of aryl methyl sites for hydroxylation is 1. The Morgan fingerprint density at radius 1 is 1.03 bits per heavy atom. The molecule has 36 heavy (non-hydrogen) atoms. The monoisotopic (exact) mass is 522 g/mol. The molecule has 8 nitrogen and oxygen atoms in total. The summed E-state index contributed by atoms with van der Waals surface area (Å²) in [4.78, 5) is 41.9. The standard InChI is InChI=1S/C26H23ClN4O4S/c1-3-20(24(33)34)31-21-12-11-19(29-25(35)28-18-6-4-5-17(27)13-18)14-22(21)36-26(31)30-23(32)16-9-7-15(2)8-10-16/h4-14,20H,3H2,1-2H3,(H,33,34)(H2,28,29,35). The van der Waals surface area contributed by atoms with E-state index in [2.05, 4.69) is 15.6 Å². The molecular weight excluding hydrogens is 500 g/mol. The number of aliphatic carboxylic acids is 1. The molecule has 0 spiro atoms. The van der Waals surface area contributed by atoms with Crippen LogP contribution in [0, 0.1) is 6.92 Å². The lowest BCUT2D eigenvalue weighted by atomic mass is 10.1. The van der Waals surface area contributed by atoms with Crippen LogP contribution < -0.4 is 15.4 Å². The molecule has 0 fully saturated rings. The molecule has 3 aromatic carbocycles. The highest BCUT2D eigenvalue weighted by atomic mass is 35.5. The van der Waals surface area contributed by atoms with Crippen molar-refractivity contribution in [1.82, 2.24) is 4.57 Å². The Kier molecular flexibility index (Phi) is 7.52. The number of carbonyl (C=O) groups excluding carboxylic acids is 2. The molecule has 3 N–H and O–H groups in total. The minimum absolute atomic E-state index is 0.269. The highest BCUT2D eigenvalue weighted by molar-refractivity contribution is 7.16. The molecule has 0 radical (unpaired) electrons. The SMILES string of the molecule is CCC(C(=O)O)n1c(=NC(=O)c2ccc(C)cc2)sc2cc(NC(=O)Nc3cccc(Cl)c3)ccc21. The number of rotatable bonds is 6. The van der Waals surface area contributed by atoms with Crippen LogP contribution in [0.3, 0.4) is 0 Å². The molecule has 0 aliphatic heterocycles. The summed E-state index contributed by atoms with van der Waals surface area (Å²) in [6, 6.07) is 17.5. The van der Waals surface area contributed by atoms with E-state index in [-0.39, 0.29) is 4.80 Å². The van der Waals surface area contributed by atoms with E-state index >= 15 is 0 Å². The molecule has 1 heterocycles. The molecule has 0 saturated carbocycles. The van der Waals surface area contributed by atoms with Gasteiger partial charge in [-0.3, -0.25) is 4.79 Å². The number of halogens is 1. The van der Waals surface area contributed by atoms with Crippen LogP contribution in [0.15, 0.2) is 71.7 Å². The Hall–Kier alpha value is -3.95. The van der Waals surface area contributed by atoms with Gasteiger partial charge in [0, 0.05) is 22.0 Å². The number of carboxylic acid groups (broad SMARTS) is 1. The van der Waals surface area contributed by atoms with Crippen molar-refractivity contribution in [1.29, 1.82) is 0 Å². The maximum absolute atomic E-state index is 12.8. The van der Waals surface area contributed by atoms with Gasteiger partial charge in [0.05, 0.1) is 10.2 Å². The van der Waals surface area contributed by atoms with E-state index in [0.717, 1.165) is 5.56 Å². The molecule has 10 heteroatoms. The summed E-state index contributed by atoms with van der Waals surface area (Å²) in [6.07, 6.45) is 0.301. The number of carboxylic acids is 1. The van der Waals surface area contributed by atoms with E-state index < -0.39 is 23.9 Å². The van der Waals surface area contributed by atoms with Crippen LogP contribution in [0.1, 0.15) is 35.3 Å². The Bertz CT molecular complexity index is 1530. The van der Waals surface area contributed by atoms with Crippen LogP contribution in [-0.2, 0) is 4.79 Å². The number of aromatic nitrogens is 1. The number of thiazole rings is 1. The maximum Gasteiger partial charge on any atom is 0.326 e. The van der Waals surface area contributed by atoms with Gasteiger partial charge in [-0.15, -0.1) is 0 Å². The molecule has 0 saturated heterocycles. The summed E-state index contributed by atoms with van der Waals surface area (Å²) in [5.41, 5.74) is 3.06. The van der Waals surface area contributed by atoms with Crippen molar-refractivity contribution < 1.29 is 19.5 Å². The summed E-state index contributed by atoms with van der Waals surface area (Å²) >= 11 is 7.15. The average Bonchev–Trinajstić information content (AvgIpc) is 3.16. The third kappa shape index (κ3) is 5.64. The van der Waals surface area contributed by atoms with Crippen LogP contribution in [0.2, 0.25) is 5.02 Å². The third-order valence-corrected chi connectivity index (χ3v) is 6.70. The third-order valence-electron chi connectivity index (χ3n) is 5.45. The van der Waals surface area contributed by atoms with Gasteiger partial charge in [0.1, 0.15) is 6.04 Å². The van der Waals surface area contributed by atoms with Gasteiger partial charge in [-0.2, -0.15) is 4.99 Å². The minimum Gasteiger partial charge on any atom is -0.480 e. The van der Waals surface area contributed by atoms with Crippen LogP contribution in [0.5, 0.6) is 0 Å². The molecule has 0 bridgehead atoms. The largest absolute Gasteiger partial charge is 0.480 e. The summed E-state index contributed by atoms with van der Waals surface area (Å²) in [6.45, 7) is 3.68. The minimum atomic E-state index is -1.02. The second-order valence-electron chi connectivity index (χ2n) is 8.07. The first-order valence-electron chi connectivity index (χ1n) is 11.1. The average molecular weight is 523 g/mol. The van der Waals surface area contributed by atoms with Crippen LogP contribution in [0.4, 0.5) is 16.2 Å². The first-order valence-corrected chi connectivity index (χ1v) is 12.3. The molecule has 3 amide bonds. The molecule has 0 aliphatic carbocycles. The summed E-state index contributed by atoms with van der Waals surface area (Å²) in [5, 5.41) is 15.8. The number of carbonyl (C=O) groups is 3. The molecule has 4 rings (SSSR count). The molecule has 4 aromatic rings. The zero-order chi connectivity index (χ0) is 25.8. The van der Waals surface area contributed by atoms with Crippen molar-refractivity contribution >= 4 is 62.4 Å². The van der Waals surface area contributed by atoms with E-state index in [0.29, 0.717) is 38.6 Å². The number of hydrogen-bond acceptors (Lipinski definition) is 4. The summed E-state index contributed by atoms with van der Waals surface area (Å²) in [7, 11) is 0. The molecule has 1 atom stereocenters. The lowest BCUT2D eigenvalue weighted by Gasteiger charge is -2.14. The lowest BCUT2D eigenvalue weighted by Crippen LogP contribution is -2.27. The van der Waals surface area contributed by atoms with E-state index in [4.69, 9.17) is 11.6 Å². The summed E-state index contributed by atoms with van der Waals surface area (Å²) in [5.74, 6) is -1.49. The van der Waals surface area contributed by atoms with Crippen molar-refractivity contribution in [2.24, 2.45) is 4.99 Å². The lowest BCUT2D eigenvalue weighted by molar-refractivity contribution is -0.140. The maximum atomic E-state index is 12.8. The van der Waals surface area contributed by atoms with E-state index in [1.54, 1.807) is 66.1 Å². The Morgan fingerprint density at radius 3 is 2.36 bits per heavy atom. The number of amides is 3. The fraction of sp³-hybridized carbons (Fsp3) is 0.154. The van der Waals surface area contributed by atoms with Gasteiger partial charge in [-0.1, -0.05) is 53.6 Å². The van der Waals surface area contributed by atoms with Gasteiger partial charge in [0.25, 0.3) is 5.91 Å². The fourth-order valence-electron chi connectivity index (χ4n) is 3.68. The predicted octanol–water partition coefficient (Wildman–Crippen LogP) is 6.09. The zero-order valence-corrected chi connectivity index (χ0v) is 21.1. The van der Waals surface area contributed by atoms with Gasteiger partial charge in [0.2, 0.25) is 0 Å². The molecule has 184 valence electrons. The van der Waals surface area contributed by atoms with Gasteiger partial charge in [-0.25, -0.2) is 9.59 Å². The number of urea groups is 1. The summed E-state index contributed by atoms with van der Waals surface area (Å²) < 4.78 is 2.23. The quantitative estimate of drug-likeness (QED) is 0.284. The number of benzene rings is 3. The van der Waals surface area contributed by atoms with Crippen molar-refractivity contribution in [3.05, 3.63) is 87.7 Å². The first-order chi connectivity index (χ1) is 17.2. The second-order valence-corrected chi connectivity index (χ2v) is 9.52. The number of fused-ring (bicyclic) bond motifs is 1. The normalized spacial score (nSPS) is 12.4. The van der Waals surface area contributed by atoms with Gasteiger partial charge in [0.15, 0.2) is 4.80 Å². The predicted molar refractivity (Wildman–Crippen MR) is 142 cm³/mol. The molecule has 0 aliphatic rings. The Morgan fingerprint density at radius 2 is 1.72 bits per heavy atom. The first kappa shape index (κ1) is 25.2. The second kappa shape index (κ2) is 10.8. The smallest absolute Gasteiger partial charge is 0.326 e. The van der Waals surface area contributed by atoms with E-state index in [1.807, 2.05) is 19.1 Å². The van der Waals surface area contributed by atoms with Gasteiger partial charge >= 0.3 is 12.0 Å². The molecular formula is C26H23ClN4O4S. The number of anilines is 2. The Balaban J connectivity index is 1.71. The number of hydrogen-bond donors (Lipinski definition) is 3. The highest BCUT2D eigenvalue weighted by Gasteiger charge is 2.22. The van der Waals surface area contributed by atoms with Crippen LogP contribution >= 0.6 is 22.9 Å². The Labute approximate surface area is 215 Å². The topological polar surface area (TPSA) is 113 Å². The fourth-order valence-corrected chi connectivity index (χ4v) is 4.97. The van der Waals surface area contributed by atoms with E-state index in [1.165, 1.54) is 11.3 Å². The zero-order valence-electron chi connectivity index (χ0n) is 19.5. The van der Waals surface area contributed by atoms with Crippen LogP contribution in [0.25, 0.3) is 10.2 Å².